The highest BCUT2D eigenvalue weighted by Gasteiger charge is 2.15. The van der Waals surface area contributed by atoms with Crippen molar-refractivity contribution in [2.75, 3.05) is 5.08 Å². The third kappa shape index (κ3) is 3.07. The van der Waals surface area contributed by atoms with E-state index in [0.717, 1.165) is 5.08 Å². The van der Waals surface area contributed by atoms with Crippen LogP contribution in [0.15, 0.2) is 10.3 Å². The minimum atomic E-state index is -0.623. The standard InChI is InChI=1S/C7H12O2S2/c1-5(8)7(9)2-6-3-10-4-11-6/h3,5,7-9H,2,4H2,1H3. The lowest BCUT2D eigenvalue weighted by molar-refractivity contribution is 0.0332. The normalized spacial score (nSPS) is 23.0. The predicted octanol–water partition coefficient (Wildman–Crippen LogP) is 1.40. The van der Waals surface area contributed by atoms with E-state index in [2.05, 4.69) is 5.41 Å². The molecule has 1 aliphatic rings. The lowest BCUT2D eigenvalue weighted by Gasteiger charge is -2.12. The molecule has 0 aromatic carbocycles. The Morgan fingerprint density at radius 3 is 2.82 bits per heavy atom. The van der Waals surface area contributed by atoms with E-state index in [4.69, 9.17) is 5.11 Å². The minimum absolute atomic E-state index is 0.593. The van der Waals surface area contributed by atoms with Gasteiger partial charge in [0, 0.05) is 11.5 Å². The molecule has 0 saturated carbocycles. The molecule has 1 rings (SSSR count). The van der Waals surface area contributed by atoms with E-state index in [1.165, 1.54) is 4.91 Å². The van der Waals surface area contributed by atoms with E-state index in [-0.39, 0.29) is 0 Å². The predicted molar refractivity (Wildman–Crippen MR) is 50.4 cm³/mol. The minimum Gasteiger partial charge on any atom is -0.391 e. The Balaban J connectivity index is 2.29. The molecule has 4 heteroatoms. The molecule has 11 heavy (non-hydrogen) atoms. The Morgan fingerprint density at radius 1 is 1.64 bits per heavy atom. The van der Waals surface area contributed by atoms with Gasteiger partial charge in [-0.3, -0.25) is 0 Å². The van der Waals surface area contributed by atoms with E-state index >= 15 is 0 Å². The van der Waals surface area contributed by atoms with E-state index in [1.807, 2.05) is 0 Å². The molecule has 0 aromatic heterocycles. The van der Waals surface area contributed by atoms with Crippen molar-refractivity contribution in [2.45, 2.75) is 25.6 Å². The molecule has 0 bridgehead atoms. The average Bonchev–Trinajstić information content (AvgIpc) is 2.39. The summed E-state index contributed by atoms with van der Waals surface area (Å²) in [4.78, 5) is 1.18. The second-order valence-corrected chi connectivity index (χ2v) is 4.85. The maximum atomic E-state index is 9.27. The summed E-state index contributed by atoms with van der Waals surface area (Å²) in [6, 6.07) is 0. The van der Waals surface area contributed by atoms with Gasteiger partial charge < -0.3 is 10.2 Å². The fraction of sp³-hybridized carbons (Fsp3) is 0.714. The topological polar surface area (TPSA) is 40.5 Å². The van der Waals surface area contributed by atoms with Crippen molar-refractivity contribution in [1.82, 2.24) is 0 Å². The molecule has 1 heterocycles. The Morgan fingerprint density at radius 2 is 2.36 bits per heavy atom. The van der Waals surface area contributed by atoms with Crippen LogP contribution in [0.1, 0.15) is 13.3 Å². The van der Waals surface area contributed by atoms with Crippen LogP contribution >= 0.6 is 23.5 Å². The Kier molecular flexibility index (Phi) is 3.78. The molecule has 2 unspecified atom stereocenters. The SMILES string of the molecule is CC(O)C(O)CC1=CSCS1. The molecule has 2 nitrogen and oxygen atoms in total. The third-order valence-electron chi connectivity index (χ3n) is 1.49. The van der Waals surface area contributed by atoms with Crippen molar-refractivity contribution in [3.05, 3.63) is 10.3 Å². The van der Waals surface area contributed by atoms with Crippen LogP contribution in [-0.2, 0) is 0 Å². The number of hydrogen-bond donors (Lipinski definition) is 2. The summed E-state index contributed by atoms with van der Waals surface area (Å²) in [7, 11) is 0. The largest absolute Gasteiger partial charge is 0.391 e. The summed E-state index contributed by atoms with van der Waals surface area (Å²) in [6.07, 6.45) is -0.635. The summed E-state index contributed by atoms with van der Waals surface area (Å²) in [5.41, 5.74) is 0. The van der Waals surface area contributed by atoms with Crippen LogP contribution in [0.3, 0.4) is 0 Å². The van der Waals surface area contributed by atoms with Crippen molar-refractivity contribution >= 4 is 23.5 Å². The molecule has 2 N–H and O–H groups in total. The molecule has 0 radical (unpaired) electrons. The second-order valence-electron chi connectivity index (χ2n) is 2.53. The smallest absolute Gasteiger partial charge is 0.0841 e. The van der Waals surface area contributed by atoms with Gasteiger partial charge in [0.2, 0.25) is 0 Å². The molecular weight excluding hydrogens is 180 g/mol. The molecule has 0 spiro atoms. The number of hydrogen-bond acceptors (Lipinski definition) is 4. The second kappa shape index (κ2) is 4.40. The van der Waals surface area contributed by atoms with Gasteiger partial charge in [-0.25, -0.2) is 0 Å². The Bertz CT molecular complexity index is 157. The molecule has 2 atom stereocenters. The van der Waals surface area contributed by atoms with Gasteiger partial charge >= 0.3 is 0 Å². The van der Waals surface area contributed by atoms with Crippen LogP contribution in [0.2, 0.25) is 0 Å². The van der Waals surface area contributed by atoms with Gasteiger partial charge in [-0.1, -0.05) is 0 Å². The van der Waals surface area contributed by atoms with Crippen LogP contribution in [0.4, 0.5) is 0 Å². The Hall–Kier alpha value is 0.360. The van der Waals surface area contributed by atoms with E-state index in [9.17, 15) is 5.11 Å². The van der Waals surface area contributed by atoms with Gasteiger partial charge in [-0.05, 0) is 17.2 Å². The van der Waals surface area contributed by atoms with Crippen LogP contribution in [0, 0.1) is 0 Å². The molecule has 0 saturated heterocycles. The van der Waals surface area contributed by atoms with Crippen LogP contribution < -0.4 is 0 Å². The first-order valence-corrected chi connectivity index (χ1v) is 5.53. The molecule has 1 aliphatic heterocycles. The molecule has 0 fully saturated rings. The maximum Gasteiger partial charge on any atom is 0.0841 e. The van der Waals surface area contributed by atoms with E-state index in [1.54, 1.807) is 30.4 Å². The van der Waals surface area contributed by atoms with Gasteiger partial charge in [0.1, 0.15) is 0 Å². The molecular formula is C7H12O2S2. The first-order valence-electron chi connectivity index (χ1n) is 3.49. The average molecular weight is 192 g/mol. The van der Waals surface area contributed by atoms with Crippen molar-refractivity contribution < 1.29 is 10.2 Å². The zero-order valence-corrected chi connectivity index (χ0v) is 7.99. The first kappa shape index (κ1) is 9.45. The summed E-state index contributed by atoms with van der Waals surface area (Å²) in [5.74, 6) is 0. The van der Waals surface area contributed by atoms with Crippen molar-refractivity contribution in [1.29, 1.82) is 0 Å². The van der Waals surface area contributed by atoms with E-state index in [0.29, 0.717) is 6.42 Å². The Labute approximate surface area is 75.1 Å². The van der Waals surface area contributed by atoms with Crippen LogP contribution in [-0.4, -0.2) is 27.5 Å². The van der Waals surface area contributed by atoms with Crippen molar-refractivity contribution in [2.24, 2.45) is 0 Å². The highest BCUT2D eigenvalue weighted by molar-refractivity contribution is 8.22. The van der Waals surface area contributed by atoms with Crippen molar-refractivity contribution in [3.8, 4) is 0 Å². The van der Waals surface area contributed by atoms with Crippen molar-refractivity contribution in [3.63, 3.8) is 0 Å². The zero-order valence-electron chi connectivity index (χ0n) is 6.36. The van der Waals surface area contributed by atoms with Gasteiger partial charge in [-0.15, -0.1) is 23.5 Å². The summed E-state index contributed by atoms with van der Waals surface area (Å²) >= 11 is 3.49. The van der Waals surface area contributed by atoms with Gasteiger partial charge in [0.15, 0.2) is 0 Å². The van der Waals surface area contributed by atoms with Gasteiger partial charge in [0.05, 0.1) is 12.2 Å². The number of rotatable bonds is 3. The fourth-order valence-electron chi connectivity index (χ4n) is 0.754. The quantitative estimate of drug-likeness (QED) is 0.709. The van der Waals surface area contributed by atoms with Crippen LogP contribution in [0.25, 0.3) is 0 Å². The monoisotopic (exact) mass is 192 g/mol. The highest BCUT2D eigenvalue weighted by atomic mass is 32.2. The summed E-state index contributed by atoms with van der Waals surface area (Å²) in [6.45, 7) is 1.61. The molecule has 0 aliphatic carbocycles. The molecule has 64 valence electrons. The highest BCUT2D eigenvalue weighted by Crippen LogP contribution is 2.34. The number of aliphatic hydroxyl groups excluding tert-OH is 2. The number of aliphatic hydroxyl groups is 2. The third-order valence-corrected chi connectivity index (χ3v) is 3.77. The number of thioether (sulfide) groups is 2. The summed E-state index contributed by atoms with van der Waals surface area (Å²) < 4.78 is 0. The molecule has 0 aromatic rings. The van der Waals surface area contributed by atoms with Gasteiger partial charge in [-0.2, -0.15) is 0 Å². The lowest BCUT2D eigenvalue weighted by atomic mass is 10.1. The fourth-order valence-corrected chi connectivity index (χ4v) is 2.95. The van der Waals surface area contributed by atoms with Crippen LogP contribution in [0.5, 0.6) is 0 Å². The van der Waals surface area contributed by atoms with Gasteiger partial charge in [0.25, 0.3) is 0 Å². The molecule has 0 amide bonds. The maximum absolute atomic E-state index is 9.27. The summed E-state index contributed by atoms with van der Waals surface area (Å²) in [5, 5.41) is 21.4. The van der Waals surface area contributed by atoms with E-state index < -0.39 is 12.2 Å². The lowest BCUT2D eigenvalue weighted by Crippen LogP contribution is -2.22. The zero-order chi connectivity index (χ0) is 8.27. The first-order chi connectivity index (χ1) is 5.20.